The van der Waals surface area contributed by atoms with E-state index < -0.39 is 5.97 Å². The number of ether oxygens (including phenoxy) is 1. The molecular weight excluding hydrogens is 266 g/mol. The smallest absolute Gasteiger partial charge is 0.304 e. The minimum atomic E-state index is -0.728. The number of hydrogen-bond acceptors (Lipinski definition) is 3. The molecule has 0 saturated heterocycles. The summed E-state index contributed by atoms with van der Waals surface area (Å²) in [7, 11) is 0. The molecule has 0 amide bonds. The largest absolute Gasteiger partial charge is 0.491 e. The summed E-state index contributed by atoms with van der Waals surface area (Å²) in [6.45, 7) is 6.79. The number of hydrogen-bond donors (Lipinski definition) is 1. The van der Waals surface area contributed by atoms with Crippen molar-refractivity contribution in [1.82, 2.24) is 4.90 Å². The summed E-state index contributed by atoms with van der Waals surface area (Å²) in [5.41, 5.74) is 1.21. The third-order valence-corrected chi connectivity index (χ3v) is 3.83. The van der Waals surface area contributed by atoms with Crippen molar-refractivity contribution in [3.8, 4) is 5.75 Å². The number of benzene rings is 1. The van der Waals surface area contributed by atoms with Crippen LogP contribution in [0.3, 0.4) is 0 Å². The molecule has 4 heteroatoms. The lowest BCUT2D eigenvalue weighted by molar-refractivity contribution is -0.137. The van der Waals surface area contributed by atoms with E-state index in [9.17, 15) is 4.79 Å². The van der Waals surface area contributed by atoms with Crippen LogP contribution < -0.4 is 4.74 Å². The van der Waals surface area contributed by atoms with Gasteiger partial charge in [0.25, 0.3) is 0 Å². The first kappa shape index (κ1) is 15.8. The van der Waals surface area contributed by atoms with E-state index in [1.807, 2.05) is 26.0 Å². The summed E-state index contributed by atoms with van der Waals surface area (Å²) in [4.78, 5) is 13.1. The fourth-order valence-corrected chi connectivity index (χ4v) is 2.61. The number of carbonyl (C=O) groups is 1. The Labute approximate surface area is 126 Å². The summed E-state index contributed by atoms with van der Waals surface area (Å²) >= 11 is 0. The SMILES string of the molecule is CC(C)Oc1ccc(C(C)N(CCC(=O)O)C2CC2)cc1. The molecule has 116 valence electrons. The molecule has 0 aliphatic heterocycles. The monoisotopic (exact) mass is 291 g/mol. The van der Waals surface area contributed by atoms with Gasteiger partial charge in [-0.05, 0) is 51.3 Å². The molecule has 21 heavy (non-hydrogen) atoms. The normalized spacial score (nSPS) is 16.2. The summed E-state index contributed by atoms with van der Waals surface area (Å²) < 4.78 is 5.66. The van der Waals surface area contributed by atoms with E-state index in [2.05, 4.69) is 24.0 Å². The Bertz CT molecular complexity index is 465. The second kappa shape index (κ2) is 6.94. The second-order valence-electron chi connectivity index (χ2n) is 6.02. The van der Waals surface area contributed by atoms with Gasteiger partial charge in [0.1, 0.15) is 5.75 Å². The third kappa shape index (κ3) is 4.74. The van der Waals surface area contributed by atoms with Crippen LogP contribution in [0.5, 0.6) is 5.75 Å². The maximum atomic E-state index is 10.8. The van der Waals surface area contributed by atoms with Gasteiger partial charge < -0.3 is 9.84 Å². The highest BCUT2D eigenvalue weighted by molar-refractivity contribution is 5.66. The molecule has 1 aromatic rings. The molecule has 4 nitrogen and oxygen atoms in total. The van der Waals surface area contributed by atoms with Gasteiger partial charge >= 0.3 is 5.97 Å². The van der Waals surface area contributed by atoms with E-state index in [-0.39, 0.29) is 18.6 Å². The molecule has 0 bridgehead atoms. The molecule has 2 rings (SSSR count). The minimum Gasteiger partial charge on any atom is -0.491 e. The quantitative estimate of drug-likeness (QED) is 0.796. The summed E-state index contributed by atoms with van der Waals surface area (Å²) in [6, 6.07) is 8.94. The molecule has 1 N–H and O–H groups in total. The lowest BCUT2D eigenvalue weighted by atomic mass is 10.1. The predicted molar refractivity (Wildman–Crippen MR) is 82.6 cm³/mol. The lowest BCUT2D eigenvalue weighted by Gasteiger charge is -2.29. The van der Waals surface area contributed by atoms with Crippen molar-refractivity contribution in [3.05, 3.63) is 29.8 Å². The molecule has 1 unspecified atom stereocenters. The van der Waals surface area contributed by atoms with Gasteiger partial charge in [-0.3, -0.25) is 9.69 Å². The Morgan fingerprint density at radius 1 is 1.29 bits per heavy atom. The zero-order valence-electron chi connectivity index (χ0n) is 13.1. The minimum absolute atomic E-state index is 0.173. The second-order valence-corrected chi connectivity index (χ2v) is 6.02. The molecule has 0 aromatic heterocycles. The van der Waals surface area contributed by atoms with E-state index in [4.69, 9.17) is 9.84 Å². The number of aliphatic carboxylic acids is 1. The topological polar surface area (TPSA) is 49.8 Å². The van der Waals surface area contributed by atoms with Crippen LogP contribution in [0.15, 0.2) is 24.3 Å². The first-order valence-electron chi connectivity index (χ1n) is 7.71. The van der Waals surface area contributed by atoms with Gasteiger partial charge in [0, 0.05) is 18.6 Å². The molecule has 0 heterocycles. The first-order valence-corrected chi connectivity index (χ1v) is 7.71. The molecule has 1 aliphatic rings. The van der Waals surface area contributed by atoms with E-state index in [0.29, 0.717) is 12.6 Å². The van der Waals surface area contributed by atoms with Crippen LogP contribution >= 0.6 is 0 Å². The van der Waals surface area contributed by atoms with Crippen molar-refractivity contribution in [3.63, 3.8) is 0 Å². The van der Waals surface area contributed by atoms with Crippen LogP contribution in [0, 0.1) is 0 Å². The van der Waals surface area contributed by atoms with Crippen molar-refractivity contribution >= 4 is 5.97 Å². The number of carboxylic acid groups (broad SMARTS) is 1. The average molecular weight is 291 g/mol. The van der Waals surface area contributed by atoms with Crippen molar-refractivity contribution in [2.24, 2.45) is 0 Å². The van der Waals surface area contributed by atoms with Crippen LogP contribution in [0.2, 0.25) is 0 Å². The van der Waals surface area contributed by atoms with E-state index >= 15 is 0 Å². The van der Waals surface area contributed by atoms with Crippen LogP contribution in [-0.4, -0.2) is 34.7 Å². The third-order valence-electron chi connectivity index (χ3n) is 3.83. The number of nitrogens with zero attached hydrogens (tertiary/aromatic N) is 1. The van der Waals surface area contributed by atoms with Crippen molar-refractivity contribution in [1.29, 1.82) is 0 Å². The van der Waals surface area contributed by atoms with E-state index in [1.165, 1.54) is 18.4 Å². The molecule has 0 radical (unpaired) electrons. The molecule has 1 saturated carbocycles. The van der Waals surface area contributed by atoms with Gasteiger partial charge in [0.15, 0.2) is 0 Å². The van der Waals surface area contributed by atoms with Crippen molar-refractivity contribution < 1.29 is 14.6 Å². The maximum absolute atomic E-state index is 10.8. The molecule has 0 spiro atoms. The Morgan fingerprint density at radius 2 is 1.90 bits per heavy atom. The zero-order chi connectivity index (χ0) is 15.4. The van der Waals surface area contributed by atoms with E-state index in [1.54, 1.807) is 0 Å². The Morgan fingerprint density at radius 3 is 2.38 bits per heavy atom. The van der Waals surface area contributed by atoms with E-state index in [0.717, 1.165) is 5.75 Å². The summed E-state index contributed by atoms with van der Waals surface area (Å²) in [6.07, 6.45) is 2.73. The molecular formula is C17H25NO3. The van der Waals surface area contributed by atoms with Gasteiger partial charge in [-0.1, -0.05) is 12.1 Å². The molecule has 1 aliphatic carbocycles. The van der Waals surface area contributed by atoms with Gasteiger partial charge in [-0.25, -0.2) is 0 Å². The maximum Gasteiger partial charge on any atom is 0.304 e. The van der Waals surface area contributed by atoms with Crippen LogP contribution in [-0.2, 0) is 4.79 Å². The molecule has 1 fully saturated rings. The highest BCUT2D eigenvalue weighted by atomic mass is 16.5. The van der Waals surface area contributed by atoms with Gasteiger partial charge in [0.2, 0.25) is 0 Å². The van der Waals surface area contributed by atoms with Crippen molar-refractivity contribution in [2.75, 3.05) is 6.54 Å². The molecule has 1 aromatic carbocycles. The van der Waals surface area contributed by atoms with Crippen LogP contribution in [0.25, 0.3) is 0 Å². The number of rotatable bonds is 8. The Hall–Kier alpha value is -1.55. The van der Waals surface area contributed by atoms with Gasteiger partial charge in [-0.2, -0.15) is 0 Å². The van der Waals surface area contributed by atoms with Crippen LogP contribution in [0.1, 0.15) is 51.6 Å². The average Bonchev–Trinajstić information content (AvgIpc) is 3.23. The fourth-order valence-electron chi connectivity index (χ4n) is 2.61. The predicted octanol–water partition coefficient (Wildman–Crippen LogP) is 3.47. The summed E-state index contributed by atoms with van der Waals surface area (Å²) in [5, 5.41) is 8.89. The summed E-state index contributed by atoms with van der Waals surface area (Å²) in [5.74, 6) is 0.151. The standard InChI is InChI=1S/C17H25NO3/c1-12(2)21-16-8-4-14(5-9-16)13(3)18(15-6-7-15)11-10-17(19)20/h4-5,8-9,12-13,15H,6-7,10-11H2,1-3H3,(H,19,20). The van der Waals surface area contributed by atoms with Crippen molar-refractivity contribution in [2.45, 2.75) is 58.2 Å². The number of carboxylic acids is 1. The van der Waals surface area contributed by atoms with Gasteiger partial charge in [-0.15, -0.1) is 0 Å². The Kier molecular flexibility index (Phi) is 5.23. The highest BCUT2D eigenvalue weighted by Crippen LogP contribution is 2.34. The fraction of sp³-hybridized carbons (Fsp3) is 0.588. The van der Waals surface area contributed by atoms with Crippen LogP contribution in [0.4, 0.5) is 0 Å². The van der Waals surface area contributed by atoms with Gasteiger partial charge in [0.05, 0.1) is 12.5 Å². The molecule has 1 atom stereocenters. The highest BCUT2D eigenvalue weighted by Gasteiger charge is 2.32. The lowest BCUT2D eigenvalue weighted by Crippen LogP contribution is -2.31. The zero-order valence-corrected chi connectivity index (χ0v) is 13.1. The Balaban J connectivity index is 2.02. The first-order chi connectivity index (χ1) is 9.97.